The Hall–Kier alpha value is -2.57. The zero-order valence-electron chi connectivity index (χ0n) is 13.3. The van der Waals surface area contributed by atoms with E-state index >= 15 is 0 Å². The average Bonchev–Trinajstić information content (AvgIpc) is 3.13. The lowest BCUT2D eigenvalue weighted by molar-refractivity contribution is -0.131. The Morgan fingerprint density at radius 1 is 1.26 bits per heavy atom. The second-order valence-corrected chi connectivity index (χ2v) is 5.48. The number of benzene rings is 1. The highest BCUT2D eigenvalue weighted by Gasteiger charge is 2.21. The fraction of sp³-hybridized carbons (Fsp3) is 0.438. The minimum Gasteiger partial charge on any atom is -0.497 e. The van der Waals surface area contributed by atoms with Crippen molar-refractivity contribution in [1.29, 1.82) is 0 Å². The van der Waals surface area contributed by atoms with Crippen LogP contribution in [0.25, 0.3) is 0 Å². The number of nitrogens with zero attached hydrogens (tertiary/aromatic N) is 5. The maximum atomic E-state index is 12.3. The van der Waals surface area contributed by atoms with E-state index in [0.717, 1.165) is 37.6 Å². The van der Waals surface area contributed by atoms with E-state index in [1.807, 2.05) is 23.1 Å². The SMILES string of the molecule is COc1cccc(N2CCN(C(=O)CCn3cncn3)CC2)c1. The monoisotopic (exact) mass is 315 g/mol. The minimum atomic E-state index is 0.172. The fourth-order valence-electron chi connectivity index (χ4n) is 2.74. The van der Waals surface area contributed by atoms with Crippen molar-refractivity contribution in [2.24, 2.45) is 0 Å². The number of piperazine rings is 1. The van der Waals surface area contributed by atoms with E-state index in [0.29, 0.717) is 13.0 Å². The fourth-order valence-corrected chi connectivity index (χ4v) is 2.74. The molecule has 1 fully saturated rings. The maximum Gasteiger partial charge on any atom is 0.224 e. The Bertz CT molecular complexity index is 636. The Morgan fingerprint density at radius 3 is 2.78 bits per heavy atom. The second kappa shape index (κ2) is 7.13. The van der Waals surface area contributed by atoms with Crippen LogP contribution in [0.2, 0.25) is 0 Å². The number of amides is 1. The van der Waals surface area contributed by atoms with Gasteiger partial charge in [0, 0.05) is 44.4 Å². The van der Waals surface area contributed by atoms with E-state index in [-0.39, 0.29) is 5.91 Å². The summed E-state index contributed by atoms with van der Waals surface area (Å²) in [5, 5.41) is 4.02. The number of carbonyl (C=O) groups is 1. The van der Waals surface area contributed by atoms with Gasteiger partial charge in [0.15, 0.2) is 0 Å². The van der Waals surface area contributed by atoms with Crippen molar-refractivity contribution in [3.8, 4) is 5.75 Å². The molecule has 0 spiro atoms. The highest BCUT2D eigenvalue weighted by atomic mass is 16.5. The summed E-state index contributed by atoms with van der Waals surface area (Å²) in [6, 6.07) is 8.03. The van der Waals surface area contributed by atoms with E-state index in [4.69, 9.17) is 4.74 Å². The first-order valence-corrected chi connectivity index (χ1v) is 7.75. The van der Waals surface area contributed by atoms with Gasteiger partial charge in [-0.3, -0.25) is 9.48 Å². The molecule has 7 nitrogen and oxygen atoms in total. The van der Waals surface area contributed by atoms with Gasteiger partial charge in [-0.05, 0) is 12.1 Å². The quantitative estimate of drug-likeness (QED) is 0.824. The van der Waals surface area contributed by atoms with E-state index in [1.165, 1.54) is 6.33 Å². The van der Waals surface area contributed by atoms with Gasteiger partial charge in [-0.1, -0.05) is 6.07 Å². The summed E-state index contributed by atoms with van der Waals surface area (Å²) in [5.41, 5.74) is 1.14. The van der Waals surface area contributed by atoms with Crippen LogP contribution < -0.4 is 9.64 Å². The number of methoxy groups -OCH3 is 1. The lowest BCUT2D eigenvalue weighted by atomic mass is 10.2. The van der Waals surface area contributed by atoms with Crippen LogP contribution in [-0.4, -0.2) is 58.9 Å². The summed E-state index contributed by atoms with van der Waals surface area (Å²) < 4.78 is 6.95. The van der Waals surface area contributed by atoms with Crippen LogP contribution in [-0.2, 0) is 11.3 Å². The average molecular weight is 315 g/mol. The molecule has 2 aromatic rings. The zero-order chi connectivity index (χ0) is 16.1. The van der Waals surface area contributed by atoms with Crippen LogP contribution in [0.15, 0.2) is 36.9 Å². The number of aromatic nitrogens is 3. The zero-order valence-corrected chi connectivity index (χ0v) is 13.3. The van der Waals surface area contributed by atoms with Crippen molar-refractivity contribution in [3.63, 3.8) is 0 Å². The van der Waals surface area contributed by atoms with Gasteiger partial charge in [-0.15, -0.1) is 0 Å². The van der Waals surface area contributed by atoms with Crippen molar-refractivity contribution in [2.75, 3.05) is 38.2 Å². The normalized spacial score (nSPS) is 14.8. The van der Waals surface area contributed by atoms with Gasteiger partial charge >= 0.3 is 0 Å². The molecule has 0 bridgehead atoms. The minimum absolute atomic E-state index is 0.172. The molecular weight excluding hydrogens is 294 g/mol. The maximum absolute atomic E-state index is 12.3. The molecule has 3 rings (SSSR count). The van der Waals surface area contributed by atoms with Crippen molar-refractivity contribution >= 4 is 11.6 Å². The highest BCUT2D eigenvalue weighted by Crippen LogP contribution is 2.22. The molecule has 0 saturated carbocycles. The summed E-state index contributed by atoms with van der Waals surface area (Å²) in [6.07, 6.45) is 3.58. The molecular formula is C16H21N5O2. The molecule has 23 heavy (non-hydrogen) atoms. The second-order valence-electron chi connectivity index (χ2n) is 5.48. The summed E-state index contributed by atoms with van der Waals surface area (Å²) >= 11 is 0. The van der Waals surface area contributed by atoms with Crippen molar-refractivity contribution in [1.82, 2.24) is 19.7 Å². The van der Waals surface area contributed by atoms with Gasteiger partial charge < -0.3 is 14.5 Å². The third kappa shape index (κ3) is 3.80. The van der Waals surface area contributed by atoms with Crippen LogP contribution in [0.5, 0.6) is 5.75 Å². The van der Waals surface area contributed by atoms with Crippen LogP contribution in [0.1, 0.15) is 6.42 Å². The lowest BCUT2D eigenvalue weighted by Gasteiger charge is -2.36. The van der Waals surface area contributed by atoms with Crippen LogP contribution in [0, 0.1) is 0 Å². The van der Waals surface area contributed by atoms with Crippen molar-refractivity contribution in [2.45, 2.75) is 13.0 Å². The van der Waals surface area contributed by atoms with Crippen LogP contribution >= 0.6 is 0 Å². The highest BCUT2D eigenvalue weighted by molar-refractivity contribution is 5.76. The number of aryl methyl sites for hydroxylation is 1. The smallest absolute Gasteiger partial charge is 0.224 e. The van der Waals surface area contributed by atoms with Gasteiger partial charge in [0.25, 0.3) is 0 Å². The molecule has 0 unspecified atom stereocenters. The van der Waals surface area contributed by atoms with Crippen molar-refractivity contribution in [3.05, 3.63) is 36.9 Å². The number of anilines is 1. The Morgan fingerprint density at radius 2 is 2.09 bits per heavy atom. The van der Waals surface area contributed by atoms with E-state index < -0.39 is 0 Å². The predicted molar refractivity (Wildman–Crippen MR) is 86.4 cm³/mol. The summed E-state index contributed by atoms with van der Waals surface area (Å²) in [7, 11) is 1.67. The number of hydrogen-bond donors (Lipinski definition) is 0. The van der Waals surface area contributed by atoms with Crippen LogP contribution in [0.3, 0.4) is 0 Å². The van der Waals surface area contributed by atoms with Gasteiger partial charge in [0.2, 0.25) is 5.91 Å². The molecule has 2 heterocycles. The van der Waals surface area contributed by atoms with E-state index in [9.17, 15) is 4.79 Å². The standard InChI is InChI=1S/C16H21N5O2/c1-23-15-4-2-3-14(11-15)19-7-9-20(10-8-19)16(22)5-6-21-13-17-12-18-21/h2-4,11-13H,5-10H2,1H3. The molecule has 0 N–H and O–H groups in total. The molecule has 1 aliphatic heterocycles. The molecule has 0 radical (unpaired) electrons. The lowest BCUT2D eigenvalue weighted by Crippen LogP contribution is -2.49. The molecule has 7 heteroatoms. The molecule has 1 saturated heterocycles. The first kappa shape index (κ1) is 15.3. The largest absolute Gasteiger partial charge is 0.497 e. The van der Waals surface area contributed by atoms with Gasteiger partial charge in [0.1, 0.15) is 18.4 Å². The third-order valence-electron chi connectivity index (χ3n) is 4.07. The topological polar surface area (TPSA) is 63.5 Å². The number of ether oxygens (including phenoxy) is 1. The summed E-state index contributed by atoms with van der Waals surface area (Å²) in [6.45, 7) is 3.74. The summed E-state index contributed by atoms with van der Waals surface area (Å²) in [5.74, 6) is 1.03. The molecule has 122 valence electrons. The predicted octanol–water partition coefficient (Wildman–Crippen LogP) is 1.03. The number of rotatable bonds is 5. The van der Waals surface area contributed by atoms with E-state index in [1.54, 1.807) is 18.1 Å². The van der Waals surface area contributed by atoms with Gasteiger partial charge in [0.05, 0.1) is 13.7 Å². The molecule has 0 aliphatic carbocycles. The molecule has 1 aromatic heterocycles. The molecule has 1 aliphatic rings. The summed E-state index contributed by atoms with van der Waals surface area (Å²) in [4.78, 5) is 20.3. The Labute approximate surface area is 135 Å². The number of hydrogen-bond acceptors (Lipinski definition) is 5. The van der Waals surface area contributed by atoms with Crippen molar-refractivity contribution < 1.29 is 9.53 Å². The van der Waals surface area contributed by atoms with Gasteiger partial charge in [-0.25, -0.2) is 4.98 Å². The molecule has 1 amide bonds. The number of carbonyl (C=O) groups excluding carboxylic acids is 1. The van der Waals surface area contributed by atoms with Gasteiger partial charge in [-0.2, -0.15) is 5.10 Å². The Kier molecular flexibility index (Phi) is 4.75. The molecule has 1 aromatic carbocycles. The van der Waals surface area contributed by atoms with E-state index in [2.05, 4.69) is 21.0 Å². The van der Waals surface area contributed by atoms with Crippen LogP contribution in [0.4, 0.5) is 5.69 Å². The Balaban J connectivity index is 1.50. The first-order valence-electron chi connectivity index (χ1n) is 7.75. The third-order valence-corrected chi connectivity index (χ3v) is 4.07. The first-order chi connectivity index (χ1) is 11.3. The molecule has 0 atom stereocenters.